The molecular weight excluding hydrogens is 453 g/mol. The number of aromatic nitrogens is 3. The fourth-order valence-corrected chi connectivity index (χ4v) is 4.93. The Bertz CT molecular complexity index is 1500. The van der Waals surface area contributed by atoms with Crippen molar-refractivity contribution >= 4 is 32.5 Å². The van der Waals surface area contributed by atoms with E-state index < -0.39 is 11.2 Å². The van der Waals surface area contributed by atoms with Crippen LogP contribution in [0.25, 0.3) is 22.0 Å². The van der Waals surface area contributed by atoms with E-state index in [1.165, 1.54) is 6.07 Å². The number of pyridine rings is 1. The maximum absolute atomic E-state index is 15.9. The summed E-state index contributed by atoms with van der Waals surface area (Å²) >= 11 is 0. The monoisotopic (exact) mass is 482 g/mol. The highest BCUT2D eigenvalue weighted by molar-refractivity contribution is 6.42. The summed E-state index contributed by atoms with van der Waals surface area (Å²) in [5.41, 5.74) is 5.17. The largest absolute Gasteiger partial charge is 0.493 e. The van der Waals surface area contributed by atoms with Gasteiger partial charge in [-0.1, -0.05) is 26.0 Å². The normalized spacial score (nSPS) is 14.6. The van der Waals surface area contributed by atoms with Gasteiger partial charge >= 0.3 is 0 Å². The van der Waals surface area contributed by atoms with Gasteiger partial charge in [0.25, 0.3) is 5.91 Å². The lowest BCUT2D eigenvalue weighted by Gasteiger charge is -2.33. The van der Waals surface area contributed by atoms with Gasteiger partial charge in [0.2, 0.25) is 0 Å². The summed E-state index contributed by atoms with van der Waals surface area (Å²) in [7, 11) is 5.76. The van der Waals surface area contributed by atoms with Gasteiger partial charge in [-0.15, -0.1) is 0 Å². The Morgan fingerprint density at radius 3 is 2.67 bits per heavy atom. The summed E-state index contributed by atoms with van der Waals surface area (Å²) in [5, 5.41) is 4.86. The maximum Gasteiger partial charge on any atom is 0.255 e. The van der Waals surface area contributed by atoms with Gasteiger partial charge in [-0.2, -0.15) is 5.10 Å². The topological polar surface area (TPSA) is 60.2 Å². The van der Waals surface area contributed by atoms with Crippen molar-refractivity contribution in [2.24, 2.45) is 13.0 Å². The number of hydrogen-bond acceptors (Lipinski definition) is 4. The summed E-state index contributed by atoms with van der Waals surface area (Å²) in [4.78, 5) is 19.4. The third-order valence-electron chi connectivity index (χ3n) is 6.88. The molecule has 0 aliphatic carbocycles. The molecule has 6 nitrogen and oxygen atoms in total. The molecular formula is C27H29B2FN4O2. The summed E-state index contributed by atoms with van der Waals surface area (Å²) < 4.78 is 23.8. The molecule has 0 spiro atoms. The van der Waals surface area contributed by atoms with E-state index >= 15 is 4.39 Å². The third-order valence-corrected chi connectivity index (χ3v) is 6.88. The number of carbonyl (C=O) groups is 1. The SMILES string of the molecule is BC1(B)c2ncccc2C(=O)N1Cc1c(F)cc(-c2ccc(C)c3nn(C)cc23)cc1OCC(C)C. The van der Waals surface area contributed by atoms with Gasteiger partial charge < -0.3 is 9.64 Å². The third kappa shape index (κ3) is 3.96. The van der Waals surface area contributed by atoms with Gasteiger partial charge in [0, 0.05) is 35.7 Å². The molecule has 0 fully saturated rings. The van der Waals surface area contributed by atoms with Crippen LogP contribution in [0.15, 0.2) is 48.8 Å². The molecule has 9 heteroatoms. The van der Waals surface area contributed by atoms with E-state index in [9.17, 15) is 4.79 Å². The van der Waals surface area contributed by atoms with Crippen LogP contribution in [0.1, 0.15) is 41.0 Å². The number of carbonyl (C=O) groups excluding carboxylic acids is 1. The molecule has 4 aromatic rings. The lowest BCUT2D eigenvalue weighted by molar-refractivity contribution is 0.0727. The predicted octanol–water partition coefficient (Wildman–Crippen LogP) is 3.15. The van der Waals surface area contributed by atoms with Crippen LogP contribution in [0, 0.1) is 18.7 Å². The van der Waals surface area contributed by atoms with Gasteiger partial charge in [0.1, 0.15) is 27.3 Å². The Morgan fingerprint density at radius 2 is 1.94 bits per heavy atom. The van der Waals surface area contributed by atoms with Crippen molar-refractivity contribution in [2.75, 3.05) is 6.61 Å². The van der Waals surface area contributed by atoms with Crippen LogP contribution in [-0.4, -0.2) is 47.9 Å². The number of hydrogen-bond donors (Lipinski definition) is 0. The smallest absolute Gasteiger partial charge is 0.255 e. The van der Waals surface area contributed by atoms with E-state index in [2.05, 4.69) is 23.9 Å². The molecule has 5 rings (SSSR count). The summed E-state index contributed by atoms with van der Waals surface area (Å²) in [5.74, 6) is 0.143. The second-order valence-electron chi connectivity index (χ2n) is 10.5. The van der Waals surface area contributed by atoms with Crippen molar-refractivity contribution in [3.8, 4) is 16.9 Å². The van der Waals surface area contributed by atoms with E-state index in [4.69, 9.17) is 4.74 Å². The van der Waals surface area contributed by atoms with Crippen LogP contribution in [0.5, 0.6) is 5.75 Å². The molecule has 0 N–H and O–H groups in total. The quantitative estimate of drug-likeness (QED) is 0.397. The van der Waals surface area contributed by atoms with Crippen molar-refractivity contribution in [1.29, 1.82) is 0 Å². The summed E-state index contributed by atoms with van der Waals surface area (Å²) in [6.07, 6.45) is 3.64. The van der Waals surface area contributed by atoms with Crippen LogP contribution >= 0.6 is 0 Å². The van der Waals surface area contributed by atoms with Crippen molar-refractivity contribution in [3.63, 3.8) is 0 Å². The summed E-state index contributed by atoms with van der Waals surface area (Å²) in [6.45, 7) is 6.63. The first kappa shape index (κ1) is 24.1. The first-order valence-corrected chi connectivity index (χ1v) is 12.2. The van der Waals surface area contributed by atoms with Crippen LogP contribution < -0.4 is 4.74 Å². The average Bonchev–Trinajstić information content (AvgIpc) is 3.31. The van der Waals surface area contributed by atoms with Gasteiger partial charge in [-0.25, -0.2) is 4.39 Å². The number of benzene rings is 2. The van der Waals surface area contributed by atoms with Crippen molar-refractivity contribution in [1.82, 2.24) is 19.7 Å². The van der Waals surface area contributed by atoms with Crippen molar-refractivity contribution in [2.45, 2.75) is 32.7 Å². The number of halogens is 1. The highest BCUT2D eigenvalue weighted by Gasteiger charge is 2.44. The minimum atomic E-state index is -0.674. The molecule has 182 valence electrons. The van der Waals surface area contributed by atoms with Crippen LogP contribution in [0.3, 0.4) is 0 Å². The molecule has 1 aliphatic rings. The zero-order chi connectivity index (χ0) is 25.8. The minimum absolute atomic E-state index is 0.0813. The maximum atomic E-state index is 15.9. The minimum Gasteiger partial charge on any atom is -0.493 e. The van der Waals surface area contributed by atoms with Crippen LogP contribution in [0.2, 0.25) is 0 Å². The Labute approximate surface area is 212 Å². The molecule has 36 heavy (non-hydrogen) atoms. The fraction of sp³-hybridized carbons (Fsp3) is 0.296. The van der Waals surface area contributed by atoms with Gasteiger partial charge in [0.15, 0.2) is 0 Å². The highest BCUT2D eigenvalue weighted by atomic mass is 19.1. The lowest BCUT2D eigenvalue weighted by atomic mass is 9.59. The first-order chi connectivity index (χ1) is 17.1. The van der Waals surface area contributed by atoms with Gasteiger partial charge in [-0.05, 0) is 53.8 Å². The van der Waals surface area contributed by atoms with Crippen LogP contribution in [0.4, 0.5) is 4.39 Å². The number of ether oxygens (including phenoxy) is 1. The van der Waals surface area contributed by atoms with Crippen LogP contribution in [-0.2, 0) is 18.9 Å². The molecule has 0 radical (unpaired) electrons. The Kier molecular flexibility index (Phi) is 5.89. The molecule has 0 unspecified atom stereocenters. The molecule has 1 amide bonds. The molecule has 0 saturated heterocycles. The number of aryl methyl sites for hydroxylation is 2. The molecule has 0 atom stereocenters. The average molecular weight is 482 g/mol. The first-order valence-electron chi connectivity index (χ1n) is 12.2. The summed E-state index contributed by atoms with van der Waals surface area (Å²) in [6, 6.07) is 10.9. The zero-order valence-electron chi connectivity index (χ0n) is 21.6. The van der Waals surface area contributed by atoms with Crippen molar-refractivity contribution in [3.05, 3.63) is 77.0 Å². The van der Waals surface area contributed by atoms with E-state index in [1.54, 1.807) is 27.9 Å². The fourth-order valence-electron chi connectivity index (χ4n) is 4.93. The molecule has 3 heterocycles. The van der Waals surface area contributed by atoms with E-state index in [1.807, 2.05) is 54.1 Å². The number of nitrogens with zero attached hydrogens (tertiary/aromatic N) is 4. The molecule has 1 aliphatic heterocycles. The number of fused-ring (bicyclic) bond motifs is 2. The molecule has 0 saturated carbocycles. The number of rotatable bonds is 6. The Hall–Kier alpha value is -3.61. The van der Waals surface area contributed by atoms with E-state index in [-0.39, 0.29) is 18.4 Å². The second-order valence-corrected chi connectivity index (χ2v) is 10.5. The van der Waals surface area contributed by atoms with E-state index in [0.717, 1.165) is 22.0 Å². The number of amides is 1. The predicted molar refractivity (Wildman–Crippen MR) is 144 cm³/mol. The Balaban J connectivity index is 1.60. The van der Waals surface area contributed by atoms with E-state index in [0.29, 0.717) is 34.7 Å². The van der Waals surface area contributed by atoms with Gasteiger partial charge in [-0.3, -0.25) is 14.5 Å². The Morgan fingerprint density at radius 1 is 1.17 bits per heavy atom. The van der Waals surface area contributed by atoms with Crippen molar-refractivity contribution < 1.29 is 13.9 Å². The molecule has 2 aromatic heterocycles. The molecule has 2 aromatic carbocycles. The zero-order valence-corrected chi connectivity index (χ0v) is 21.6. The second kappa shape index (κ2) is 8.80. The van der Waals surface area contributed by atoms with Gasteiger partial charge in [0.05, 0.1) is 29.9 Å². The standard InChI is InChI=1S/C27H29B2FN4O2/c1-15(2)14-36-23-11-17(18-8-7-16(3)24-20(18)12-33(4)32-24)10-22(30)21(23)13-34-26(35)19-6-5-9-31-25(19)27(34,28)29/h5-12,15H,13-14,28-29H2,1-4H3. The highest BCUT2D eigenvalue weighted by Crippen LogP contribution is 2.39. The lowest BCUT2D eigenvalue weighted by Crippen LogP contribution is -2.45. The molecule has 0 bridgehead atoms.